The zero-order valence-electron chi connectivity index (χ0n) is 12.0. The lowest BCUT2D eigenvalue weighted by Crippen LogP contribution is -2.19. The Morgan fingerprint density at radius 3 is 2.62 bits per heavy atom. The number of ether oxygens (including phenoxy) is 1. The van der Waals surface area contributed by atoms with Crippen molar-refractivity contribution in [1.82, 2.24) is 9.38 Å². The van der Waals surface area contributed by atoms with E-state index in [1.54, 1.807) is 19.2 Å². The average molecular weight is 280 g/mol. The van der Waals surface area contributed by atoms with Gasteiger partial charge in [0.05, 0.1) is 0 Å². The average Bonchev–Trinajstić information content (AvgIpc) is 2.52. The van der Waals surface area contributed by atoms with Crippen LogP contribution in [0.15, 0.2) is 53.5 Å². The van der Waals surface area contributed by atoms with E-state index in [1.165, 1.54) is 4.40 Å². The minimum absolute atomic E-state index is 0.0531. The Kier molecular flexibility index (Phi) is 3.44. The number of pyridine rings is 1. The van der Waals surface area contributed by atoms with Crippen molar-refractivity contribution in [1.29, 1.82) is 0 Å². The Morgan fingerprint density at radius 2 is 1.86 bits per heavy atom. The molecule has 0 fully saturated rings. The molecule has 0 aliphatic heterocycles. The predicted octanol–water partition coefficient (Wildman–Crippen LogP) is 2.89. The third-order valence-electron chi connectivity index (χ3n) is 3.52. The van der Waals surface area contributed by atoms with Gasteiger partial charge in [-0.2, -0.15) is 0 Å². The summed E-state index contributed by atoms with van der Waals surface area (Å²) in [5, 5.41) is 0. The molecule has 0 radical (unpaired) electrons. The molecule has 0 N–H and O–H groups in total. The summed E-state index contributed by atoms with van der Waals surface area (Å²) in [4.78, 5) is 16.7. The van der Waals surface area contributed by atoms with Crippen molar-refractivity contribution in [2.75, 3.05) is 0 Å². The van der Waals surface area contributed by atoms with Gasteiger partial charge in [0, 0.05) is 17.5 Å². The molecule has 0 saturated heterocycles. The fraction of sp³-hybridized carbons (Fsp3) is 0.176. The summed E-state index contributed by atoms with van der Waals surface area (Å²) in [5.74, 6) is 0.613. The van der Waals surface area contributed by atoms with Crippen LogP contribution in [0.3, 0.4) is 0 Å². The number of nitrogens with zero attached hydrogens (tertiary/aromatic N) is 2. The summed E-state index contributed by atoms with van der Waals surface area (Å²) in [7, 11) is 0. The van der Waals surface area contributed by atoms with E-state index in [2.05, 4.69) is 4.98 Å². The van der Waals surface area contributed by atoms with Gasteiger partial charge in [-0.15, -0.1) is 0 Å². The smallest absolute Gasteiger partial charge is 0.261 e. The molecule has 21 heavy (non-hydrogen) atoms. The van der Waals surface area contributed by atoms with Gasteiger partial charge in [-0.25, -0.2) is 4.98 Å². The molecule has 2 heterocycles. The third kappa shape index (κ3) is 2.52. The van der Waals surface area contributed by atoms with Gasteiger partial charge in [0.2, 0.25) is 0 Å². The van der Waals surface area contributed by atoms with Gasteiger partial charge in [0.15, 0.2) is 11.4 Å². The van der Waals surface area contributed by atoms with Gasteiger partial charge >= 0.3 is 0 Å². The first kappa shape index (κ1) is 13.4. The maximum absolute atomic E-state index is 12.2. The molecular formula is C17H16N2O2. The zero-order valence-corrected chi connectivity index (χ0v) is 12.0. The highest BCUT2D eigenvalue weighted by Gasteiger charge is 2.09. The van der Waals surface area contributed by atoms with E-state index in [0.29, 0.717) is 23.6 Å². The molecule has 0 unspecified atom stereocenters. The molecule has 0 bridgehead atoms. The van der Waals surface area contributed by atoms with Crippen molar-refractivity contribution >= 4 is 5.65 Å². The van der Waals surface area contributed by atoms with Gasteiger partial charge in [0.1, 0.15) is 6.61 Å². The van der Waals surface area contributed by atoms with Crippen molar-refractivity contribution in [3.05, 3.63) is 75.8 Å². The molecule has 4 heteroatoms. The topological polar surface area (TPSA) is 43.6 Å². The highest BCUT2D eigenvalue weighted by Crippen LogP contribution is 2.18. The number of hydrogen-bond acceptors (Lipinski definition) is 3. The van der Waals surface area contributed by atoms with E-state index < -0.39 is 0 Å². The lowest BCUT2D eigenvalue weighted by molar-refractivity contribution is 0.308. The van der Waals surface area contributed by atoms with Gasteiger partial charge in [0.25, 0.3) is 5.56 Å². The van der Waals surface area contributed by atoms with Crippen LogP contribution >= 0.6 is 0 Å². The SMILES string of the molecule is Cc1nc2c(OCc3ccccc3)cccn2c(=O)c1C. The standard InChI is InChI=1S/C17H16N2O2/c1-12-13(2)18-16-15(9-6-10-19(16)17(12)20)21-11-14-7-4-3-5-8-14/h3-10H,11H2,1-2H3. The Hall–Kier alpha value is -2.62. The van der Waals surface area contributed by atoms with Crippen LogP contribution in [0.25, 0.3) is 5.65 Å². The second-order valence-corrected chi connectivity index (χ2v) is 4.97. The van der Waals surface area contributed by atoms with E-state index in [4.69, 9.17) is 4.74 Å². The summed E-state index contributed by atoms with van der Waals surface area (Å²) in [6.07, 6.45) is 1.71. The van der Waals surface area contributed by atoms with E-state index in [9.17, 15) is 4.79 Å². The molecule has 106 valence electrons. The number of benzene rings is 1. The first-order valence-corrected chi connectivity index (χ1v) is 6.82. The lowest BCUT2D eigenvalue weighted by Gasteiger charge is -2.11. The molecular weight excluding hydrogens is 264 g/mol. The Balaban J connectivity index is 2.01. The van der Waals surface area contributed by atoms with Crippen LogP contribution in [0, 0.1) is 13.8 Å². The van der Waals surface area contributed by atoms with Crippen LogP contribution in [0.2, 0.25) is 0 Å². The van der Waals surface area contributed by atoms with E-state index >= 15 is 0 Å². The van der Waals surface area contributed by atoms with Crippen LogP contribution in [-0.2, 0) is 6.61 Å². The monoisotopic (exact) mass is 280 g/mol. The largest absolute Gasteiger partial charge is 0.485 e. The second-order valence-electron chi connectivity index (χ2n) is 4.97. The van der Waals surface area contributed by atoms with Crippen LogP contribution in [0.1, 0.15) is 16.8 Å². The maximum atomic E-state index is 12.2. The quantitative estimate of drug-likeness (QED) is 0.741. The molecule has 2 aromatic heterocycles. The zero-order chi connectivity index (χ0) is 14.8. The highest BCUT2D eigenvalue weighted by molar-refractivity contribution is 5.54. The summed E-state index contributed by atoms with van der Waals surface area (Å²) >= 11 is 0. The summed E-state index contributed by atoms with van der Waals surface area (Å²) in [6, 6.07) is 13.5. The fourth-order valence-corrected chi connectivity index (χ4v) is 2.18. The van der Waals surface area contributed by atoms with E-state index in [1.807, 2.05) is 43.3 Å². The van der Waals surface area contributed by atoms with Gasteiger partial charge in [-0.05, 0) is 31.5 Å². The summed E-state index contributed by atoms with van der Waals surface area (Å²) < 4.78 is 7.36. The number of rotatable bonds is 3. The number of aryl methyl sites for hydroxylation is 1. The Bertz CT molecular complexity index is 839. The molecule has 0 spiro atoms. The molecule has 0 aliphatic carbocycles. The molecule has 1 aromatic carbocycles. The second kappa shape index (κ2) is 5.40. The number of fused-ring (bicyclic) bond motifs is 1. The molecule has 0 saturated carbocycles. The van der Waals surface area contributed by atoms with Gasteiger partial charge in [-0.1, -0.05) is 30.3 Å². The van der Waals surface area contributed by atoms with Crippen LogP contribution < -0.4 is 10.3 Å². The molecule has 3 aromatic rings. The molecule has 3 rings (SSSR count). The lowest BCUT2D eigenvalue weighted by atomic mass is 10.2. The van der Waals surface area contributed by atoms with E-state index in [-0.39, 0.29) is 5.56 Å². The minimum atomic E-state index is -0.0531. The van der Waals surface area contributed by atoms with Gasteiger partial charge in [-0.3, -0.25) is 9.20 Å². The van der Waals surface area contributed by atoms with Crippen LogP contribution in [0.5, 0.6) is 5.75 Å². The van der Waals surface area contributed by atoms with Crippen molar-refractivity contribution in [3.63, 3.8) is 0 Å². The Labute approximate surface area is 122 Å². The summed E-state index contributed by atoms with van der Waals surface area (Å²) in [5.41, 5.74) is 2.97. The highest BCUT2D eigenvalue weighted by atomic mass is 16.5. The van der Waals surface area contributed by atoms with E-state index in [0.717, 1.165) is 11.3 Å². The number of aromatic nitrogens is 2. The Morgan fingerprint density at radius 1 is 1.10 bits per heavy atom. The van der Waals surface area contributed by atoms with Crippen LogP contribution in [0.4, 0.5) is 0 Å². The molecule has 0 aliphatic rings. The predicted molar refractivity (Wildman–Crippen MR) is 81.7 cm³/mol. The molecule has 0 amide bonds. The fourth-order valence-electron chi connectivity index (χ4n) is 2.18. The van der Waals surface area contributed by atoms with Gasteiger partial charge < -0.3 is 4.74 Å². The first-order chi connectivity index (χ1) is 10.2. The van der Waals surface area contributed by atoms with Crippen molar-refractivity contribution in [3.8, 4) is 5.75 Å². The maximum Gasteiger partial charge on any atom is 0.261 e. The van der Waals surface area contributed by atoms with Crippen molar-refractivity contribution in [2.45, 2.75) is 20.5 Å². The molecule has 4 nitrogen and oxygen atoms in total. The van der Waals surface area contributed by atoms with Crippen molar-refractivity contribution < 1.29 is 4.74 Å². The normalized spacial score (nSPS) is 10.8. The van der Waals surface area contributed by atoms with Crippen molar-refractivity contribution in [2.24, 2.45) is 0 Å². The molecule has 0 atom stereocenters. The minimum Gasteiger partial charge on any atom is -0.485 e. The first-order valence-electron chi connectivity index (χ1n) is 6.82. The summed E-state index contributed by atoms with van der Waals surface area (Å²) in [6.45, 7) is 4.07. The van der Waals surface area contributed by atoms with Crippen LogP contribution in [-0.4, -0.2) is 9.38 Å². The number of hydrogen-bond donors (Lipinski definition) is 0. The third-order valence-corrected chi connectivity index (χ3v) is 3.52.